The monoisotopic (exact) mass is 270 g/mol. The van der Waals surface area contributed by atoms with E-state index in [0.717, 1.165) is 50.9 Å². The normalized spacial score (nSPS) is 28.3. The maximum absolute atomic E-state index is 9.77. The van der Waals surface area contributed by atoms with Crippen LogP contribution in [0.1, 0.15) is 53.4 Å². The van der Waals surface area contributed by atoms with Crippen LogP contribution in [0.5, 0.6) is 0 Å². The van der Waals surface area contributed by atoms with Crippen molar-refractivity contribution in [2.45, 2.75) is 58.9 Å². The van der Waals surface area contributed by atoms with Gasteiger partial charge in [0.05, 0.1) is 6.61 Å². The first-order valence-corrected chi connectivity index (χ1v) is 8.15. The van der Waals surface area contributed by atoms with Crippen LogP contribution in [-0.4, -0.2) is 48.3 Å². The zero-order valence-electron chi connectivity index (χ0n) is 13.4. The Bertz CT molecular complexity index is 231. The van der Waals surface area contributed by atoms with E-state index in [-0.39, 0.29) is 12.1 Å². The lowest BCUT2D eigenvalue weighted by molar-refractivity contribution is 0.0886. The molecule has 0 aliphatic heterocycles. The SMILES string of the molecule is CCN(CC)CCNC1(CO)CCC(C(C)C)CC1. The van der Waals surface area contributed by atoms with Crippen molar-refractivity contribution in [1.82, 2.24) is 10.2 Å². The van der Waals surface area contributed by atoms with Crippen molar-refractivity contribution in [1.29, 1.82) is 0 Å². The highest BCUT2D eigenvalue weighted by molar-refractivity contribution is 4.93. The lowest BCUT2D eigenvalue weighted by Gasteiger charge is -2.41. The smallest absolute Gasteiger partial charge is 0.0613 e. The molecule has 1 aliphatic carbocycles. The van der Waals surface area contributed by atoms with Gasteiger partial charge < -0.3 is 15.3 Å². The molecule has 0 amide bonds. The molecule has 19 heavy (non-hydrogen) atoms. The fourth-order valence-corrected chi connectivity index (χ4v) is 3.27. The summed E-state index contributed by atoms with van der Waals surface area (Å²) in [5, 5.41) is 13.4. The fourth-order valence-electron chi connectivity index (χ4n) is 3.27. The maximum Gasteiger partial charge on any atom is 0.0613 e. The second-order valence-corrected chi connectivity index (χ2v) is 6.47. The molecule has 0 heterocycles. The van der Waals surface area contributed by atoms with Crippen LogP contribution in [0.3, 0.4) is 0 Å². The summed E-state index contributed by atoms with van der Waals surface area (Å²) in [5.41, 5.74) is -0.00145. The Morgan fingerprint density at radius 3 is 2.21 bits per heavy atom. The van der Waals surface area contributed by atoms with E-state index in [1.165, 1.54) is 12.8 Å². The third kappa shape index (κ3) is 5.05. The van der Waals surface area contributed by atoms with Crippen molar-refractivity contribution in [2.75, 3.05) is 32.8 Å². The molecule has 0 aromatic heterocycles. The molecule has 0 aromatic carbocycles. The highest BCUT2D eigenvalue weighted by atomic mass is 16.3. The lowest BCUT2D eigenvalue weighted by atomic mass is 9.73. The molecule has 0 radical (unpaired) electrons. The predicted molar refractivity (Wildman–Crippen MR) is 82.4 cm³/mol. The summed E-state index contributed by atoms with van der Waals surface area (Å²) in [5.74, 6) is 1.64. The van der Waals surface area contributed by atoms with E-state index >= 15 is 0 Å². The Morgan fingerprint density at radius 1 is 1.21 bits per heavy atom. The third-order valence-electron chi connectivity index (χ3n) is 5.06. The quantitative estimate of drug-likeness (QED) is 0.711. The summed E-state index contributed by atoms with van der Waals surface area (Å²) in [4.78, 5) is 2.43. The Balaban J connectivity index is 2.37. The Labute approximate surface area is 119 Å². The van der Waals surface area contributed by atoms with Gasteiger partial charge in [0.15, 0.2) is 0 Å². The molecule has 1 saturated carbocycles. The van der Waals surface area contributed by atoms with Gasteiger partial charge in [-0.1, -0.05) is 27.7 Å². The molecule has 114 valence electrons. The second kappa shape index (κ2) is 8.23. The van der Waals surface area contributed by atoms with Crippen LogP contribution in [0.4, 0.5) is 0 Å². The van der Waals surface area contributed by atoms with Gasteiger partial charge in [-0.05, 0) is 50.6 Å². The standard InChI is InChI=1S/C16H34N2O/c1-5-18(6-2)12-11-17-16(13-19)9-7-15(8-10-16)14(3)4/h14-15,17,19H,5-13H2,1-4H3. The van der Waals surface area contributed by atoms with E-state index in [4.69, 9.17) is 0 Å². The number of aliphatic hydroxyl groups excluding tert-OH is 1. The number of likely N-dealkylation sites (N-methyl/N-ethyl adjacent to an activating group) is 1. The van der Waals surface area contributed by atoms with Gasteiger partial charge in [-0.2, -0.15) is 0 Å². The van der Waals surface area contributed by atoms with Crippen LogP contribution >= 0.6 is 0 Å². The van der Waals surface area contributed by atoms with Crippen LogP contribution in [0.15, 0.2) is 0 Å². The van der Waals surface area contributed by atoms with Gasteiger partial charge in [-0.15, -0.1) is 0 Å². The van der Waals surface area contributed by atoms with Gasteiger partial charge in [0, 0.05) is 18.6 Å². The van der Waals surface area contributed by atoms with Crippen LogP contribution in [-0.2, 0) is 0 Å². The molecule has 3 nitrogen and oxygen atoms in total. The average molecular weight is 270 g/mol. The number of hydrogen-bond donors (Lipinski definition) is 2. The summed E-state index contributed by atoms with van der Waals surface area (Å²) in [7, 11) is 0. The fraction of sp³-hybridized carbons (Fsp3) is 1.00. The molecule has 1 fully saturated rings. The third-order valence-corrected chi connectivity index (χ3v) is 5.06. The number of nitrogens with zero attached hydrogens (tertiary/aromatic N) is 1. The van der Waals surface area contributed by atoms with Gasteiger partial charge in [0.25, 0.3) is 0 Å². The molecule has 1 rings (SSSR count). The molecule has 0 saturated heterocycles. The Hall–Kier alpha value is -0.120. The predicted octanol–water partition coefficient (Wildman–Crippen LogP) is 2.50. The molecule has 1 aliphatic rings. The molecule has 0 aromatic rings. The molecular weight excluding hydrogens is 236 g/mol. The molecular formula is C16H34N2O. The number of hydrogen-bond acceptors (Lipinski definition) is 3. The molecule has 0 atom stereocenters. The molecule has 0 unspecified atom stereocenters. The Kier molecular flexibility index (Phi) is 7.33. The first-order valence-electron chi connectivity index (χ1n) is 8.15. The minimum absolute atomic E-state index is 0.00145. The average Bonchev–Trinajstić information content (AvgIpc) is 2.44. The van der Waals surface area contributed by atoms with Crippen LogP contribution in [0.2, 0.25) is 0 Å². The zero-order chi connectivity index (χ0) is 14.3. The zero-order valence-corrected chi connectivity index (χ0v) is 13.4. The van der Waals surface area contributed by atoms with Gasteiger partial charge >= 0.3 is 0 Å². The number of aliphatic hydroxyl groups is 1. The molecule has 2 N–H and O–H groups in total. The van der Waals surface area contributed by atoms with Crippen molar-refractivity contribution in [3.63, 3.8) is 0 Å². The lowest BCUT2D eigenvalue weighted by Crippen LogP contribution is -2.53. The van der Waals surface area contributed by atoms with E-state index in [2.05, 4.69) is 37.9 Å². The minimum atomic E-state index is -0.00145. The summed E-state index contributed by atoms with van der Waals surface area (Å²) in [6, 6.07) is 0. The van der Waals surface area contributed by atoms with Crippen molar-refractivity contribution in [3.05, 3.63) is 0 Å². The van der Waals surface area contributed by atoms with E-state index in [1.807, 2.05) is 0 Å². The summed E-state index contributed by atoms with van der Waals surface area (Å²) in [6.45, 7) is 13.7. The first kappa shape index (κ1) is 16.9. The van der Waals surface area contributed by atoms with Crippen molar-refractivity contribution >= 4 is 0 Å². The van der Waals surface area contributed by atoms with E-state index in [0.29, 0.717) is 0 Å². The van der Waals surface area contributed by atoms with E-state index in [1.54, 1.807) is 0 Å². The van der Waals surface area contributed by atoms with Gasteiger partial charge in [0.1, 0.15) is 0 Å². The number of rotatable bonds is 8. The van der Waals surface area contributed by atoms with Crippen molar-refractivity contribution in [3.8, 4) is 0 Å². The number of nitrogens with one attached hydrogen (secondary N) is 1. The highest BCUT2D eigenvalue weighted by Gasteiger charge is 2.34. The summed E-state index contributed by atoms with van der Waals surface area (Å²) in [6.07, 6.45) is 4.78. The van der Waals surface area contributed by atoms with Crippen LogP contribution in [0, 0.1) is 11.8 Å². The first-order chi connectivity index (χ1) is 9.06. The topological polar surface area (TPSA) is 35.5 Å². The highest BCUT2D eigenvalue weighted by Crippen LogP contribution is 2.35. The second-order valence-electron chi connectivity index (χ2n) is 6.47. The van der Waals surface area contributed by atoms with Gasteiger partial charge in [-0.25, -0.2) is 0 Å². The Morgan fingerprint density at radius 2 is 1.79 bits per heavy atom. The molecule has 0 spiro atoms. The van der Waals surface area contributed by atoms with Crippen molar-refractivity contribution < 1.29 is 5.11 Å². The van der Waals surface area contributed by atoms with Crippen molar-refractivity contribution in [2.24, 2.45) is 11.8 Å². The molecule has 3 heteroatoms. The van der Waals surface area contributed by atoms with E-state index in [9.17, 15) is 5.11 Å². The van der Waals surface area contributed by atoms with Gasteiger partial charge in [-0.3, -0.25) is 0 Å². The molecule has 0 bridgehead atoms. The van der Waals surface area contributed by atoms with Crippen LogP contribution < -0.4 is 5.32 Å². The summed E-state index contributed by atoms with van der Waals surface area (Å²) >= 11 is 0. The summed E-state index contributed by atoms with van der Waals surface area (Å²) < 4.78 is 0. The van der Waals surface area contributed by atoms with Gasteiger partial charge in [0.2, 0.25) is 0 Å². The van der Waals surface area contributed by atoms with Crippen LogP contribution in [0.25, 0.3) is 0 Å². The largest absolute Gasteiger partial charge is 0.394 e. The minimum Gasteiger partial charge on any atom is -0.394 e. The maximum atomic E-state index is 9.77. The van der Waals surface area contributed by atoms with E-state index < -0.39 is 0 Å².